The molecule has 1 aliphatic rings. The maximum Gasteiger partial charge on any atom is 0.416 e. The van der Waals surface area contributed by atoms with Crippen LogP contribution in [0.25, 0.3) is 17.5 Å². The summed E-state index contributed by atoms with van der Waals surface area (Å²) in [5.41, 5.74) is 6.80. The van der Waals surface area contributed by atoms with Crippen molar-refractivity contribution in [3.8, 4) is 11.3 Å². The number of hydrogen-bond donors (Lipinski definition) is 2. The van der Waals surface area contributed by atoms with Crippen LogP contribution in [0, 0.1) is 11.6 Å². The summed E-state index contributed by atoms with van der Waals surface area (Å²) in [6.07, 6.45) is -1.50. The molecule has 6 nitrogen and oxygen atoms in total. The van der Waals surface area contributed by atoms with E-state index in [1.54, 1.807) is 16.8 Å². The van der Waals surface area contributed by atoms with Crippen LogP contribution in [-0.4, -0.2) is 20.4 Å². The van der Waals surface area contributed by atoms with Crippen molar-refractivity contribution in [3.05, 3.63) is 107 Å². The van der Waals surface area contributed by atoms with Crippen molar-refractivity contribution in [2.45, 2.75) is 18.8 Å². The second kappa shape index (κ2) is 10.2. The first-order chi connectivity index (χ1) is 18.5. The van der Waals surface area contributed by atoms with Gasteiger partial charge in [0.2, 0.25) is 5.91 Å². The number of amides is 1. The summed E-state index contributed by atoms with van der Waals surface area (Å²) in [6.45, 7) is -0.0193. The molecular formula is C27H19ClF5N5O. The zero-order valence-electron chi connectivity index (χ0n) is 19.9. The number of alkyl halides is 3. The van der Waals surface area contributed by atoms with Crippen LogP contribution in [0.1, 0.15) is 23.0 Å². The van der Waals surface area contributed by atoms with Gasteiger partial charge in [-0.2, -0.15) is 13.2 Å². The van der Waals surface area contributed by atoms with Crippen LogP contribution >= 0.6 is 11.6 Å². The third kappa shape index (κ3) is 5.36. The lowest BCUT2D eigenvalue weighted by molar-refractivity contribution is -0.137. The summed E-state index contributed by atoms with van der Waals surface area (Å²) in [6, 6.07) is 12.6. The number of imidazole rings is 1. The van der Waals surface area contributed by atoms with Gasteiger partial charge >= 0.3 is 6.18 Å². The fourth-order valence-electron chi connectivity index (χ4n) is 4.09. The Morgan fingerprint density at radius 1 is 1.00 bits per heavy atom. The molecule has 1 aliphatic heterocycles. The summed E-state index contributed by atoms with van der Waals surface area (Å²) in [4.78, 5) is 19.1. The molecule has 1 unspecified atom stereocenters. The maximum absolute atomic E-state index is 14.1. The zero-order chi connectivity index (χ0) is 27.9. The SMILES string of the molecule is NC(C(=O)N1C=Cn2c(nc(-c3ccc(F)cc3)c2Nc2ccc(Cl)c(F)c2)C1)c1ccc(C(F)(F)F)cc1. The highest BCUT2D eigenvalue weighted by Crippen LogP contribution is 2.35. The van der Waals surface area contributed by atoms with Crippen LogP contribution in [0.3, 0.4) is 0 Å². The van der Waals surface area contributed by atoms with E-state index in [0.717, 1.165) is 12.1 Å². The molecule has 4 aromatic rings. The van der Waals surface area contributed by atoms with Crippen molar-refractivity contribution >= 4 is 35.2 Å². The van der Waals surface area contributed by atoms with Gasteiger partial charge in [-0.3, -0.25) is 9.36 Å². The lowest BCUT2D eigenvalue weighted by Gasteiger charge is -2.25. The molecule has 1 atom stereocenters. The molecule has 0 aliphatic carbocycles. The number of hydrogen-bond acceptors (Lipinski definition) is 4. The van der Waals surface area contributed by atoms with Crippen molar-refractivity contribution in [1.29, 1.82) is 0 Å². The molecule has 2 heterocycles. The van der Waals surface area contributed by atoms with Crippen LogP contribution in [0.5, 0.6) is 0 Å². The molecule has 0 fully saturated rings. The Morgan fingerprint density at radius 2 is 1.69 bits per heavy atom. The number of carbonyl (C=O) groups is 1. The van der Waals surface area contributed by atoms with Gasteiger partial charge in [0.05, 0.1) is 17.1 Å². The number of nitrogens with zero attached hydrogens (tertiary/aromatic N) is 3. The first-order valence-corrected chi connectivity index (χ1v) is 11.9. The summed E-state index contributed by atoms with van der Waals surface area (Å²) in [5.74, 6) is -0.799. The molecule has 1 aromatic heterocycles. The molecule has 0 saturated heterocycles. The first kappa shape index (κ1) is 26.4. The van der Waals surface area contributed by atoms with Gasteiger partial charge in [0.15, 0.2) is 0 Å². The number of rotatable bonds is 5. The number of fused-ring (bicyclic) bond motifs is 1. The predicted molar refractivity (Wildman–Crippen MR) is 137 cm³/mol. The lowest BCUT2D eigenvalue weighted by atomic mass is 10.0. The average Bonchev–Trinajstić information content (AvgIpc) is 3.27. The maximum atomic E-state index is 14.1. The summed E-state index contributed by atoms with van der Waals surface area (Å²) < 4.78 is 68.0. The van der Waals surface area contributed by atoms with Crippen molar-refractivity contribution in [2.24, 2.45) is 5.73 Å². The highest BCUT2D eigenvalue weighted by atomic mass is 35.5. The Balaban J connectivity index is 1.45. The third-order valence-corrected chi connectivity index (χ3v) is 6.44. The highest BCUT2D eigenvalue weighted by Gasteiger charge is 2.31. The van der Waals surface area contributed by atoms with Gasteiger partial charge < -0.3 is 16.0 Å². The average molecular weight is 560 g/mol. The Kier molecular flexibility index (Phi) is 6.87. The molecule has 200 valence electrons. The highest BCUT2D eigenvalue weighted by molar-refractivity contribution is 6.30. The van der Waals surface area contributed by atoms with E-state index in [2.05, 4.69) is 10.3 Å². The van der Waals surface area contributed by atoms with E-state index < -0.39 is 35.3 Å². The molecule has 0 saturated carbocycles. The largest absolute Gasteiger partial charge is 0.416 e. The summed E-state index contributed by atoms with van der Waals surface area (Å²) in [5, 5.41) is 3.06. The Labute approximate surface area is 224 Å². The van der Waals surface area contributed by atoms with E-state index in [0.29, 0.717) is 28.6 Å². The van der Waals surface area contributed by atoms with Crippen LogP contribution < -0.4 is 11.1 Å². The molecule has 3 aromatic carbocycles. The van der Waals surface area contributed by atoms with E-state index in [4.69, 9.17) is 17.3 Å². The van der Waals surface area contributed by atoms with E-state index in [9.17, 15) is 26.7 Å². The zero-order valence-corrected chi connectivity index (χ0v) is 20.6. The van der Waals surface area contributed by atoms with Crippen molar-refractivity contribution < 1.29 is 26.7 Å². The monoisotopic (exact) mass is 559 g/mol. The molecule has 39 heavy (non-hydrogen) atoms. The van der Waals surface area contributed by atoms with Crippen molar-refractivity contribution in [2.75, 3.05) is 5.32 Å². The van der Waals surface area contributed by atoms with Crippen LogP contribution in [0.15, 0.2) is 72.9 Å². The number of aromatic nitrogens is 2. The number of anilines is 2. The molecule has 3 N–H and O–H groups in total. The van der Waals surface area contributed by atoms with Gasteiger partial charge in [0.1, 0.15) is 35.0 Å². The van der Waals surface area contributed by atoms with Gasteiger partial charge in [0, 0.05) is 23.7 Å². The van der Waals surface area contributed by atoms with E-state index in [1.807, 2.05) is 0 Å². The Morgan fingerprint density at radius 3 is 2.33 bits per heavy atom. The minimum absolute atomic E-state index is 0.0193. The van der Waals surface area contributed by atoms with Gasteiger partial charge in [-0.15, -0.1) is 0 Å². The Hall–Kier alpha value is -4.22. The van der Waals surface area contributed by atoms with E-state index >= 15 is 0 Å². The normalized spacial score (nSPS) is 13.8. The minimum Gasteiger partial charge on any atom is -0.339 e. The van der Waals surface area contributed by atoms with Crippen molar-refractivity contribution in [1.82, 2.24) is 14.5 Å². The second-order valence-electron chi connectivity index (χ2n) is 8.72. The molecule has 12 heteroatoms. The van der Waals surface area contributed by atoms with Crippen molar-refractivity contribution in [3.63, 3.8) is 0 Å². The number of benzene rings is 3. The molecule has 1 amide bonds. The molecule has 5 rings (SSSR count). The van der Waals surface area contributed by atoms with Crippen LogP contribution in [0.4, 0.5) is 33.5 Å². The number of carbonyl (C=O) groups excluding carboxylic acids is 1. The predicted octanol–water partition coefficient (Wildman–Crippen LogP) is 6.71. The Bertz CT molecular complexity index is 1570. The number of nitrogens with one attached hydrogen (secondary N) is 1. The smallest absolute Gasteiger partial charge is 0.339 e. The van der Waals surface area contributed by atoms with Crippen LogP contribution in [0.2, 0.25) is 5.02 Å². The fraction of sp³-hybridized carbons (Fsp3) is 0.111. The second-order valence-corrected chi connectivity index (χ2v) is 9.12. The molecule has 0 spiro atoms. The topological polar surface area (TPSA) is 76.2 Å². The van der Waals surface area contributed by atoms with Gasteiger partial charge in [-0.25, -0.2) is 13.8 Å². The minimum atomic E-state index is -4.51. The molecular weight excluding hydrogens is 541 g/mol. The standard InChI is InChI=1S/C27H19ClF5N5O/c28-20-10-9-19(13-21(20)30)35-25-24(16-3-7-18(29)8-4-16)36-22-14-37(11-12-38(22)25)26(39)23(34)15-1-5-17(6-2-15)27(31,32)33/h1-13,23,35H,14,34H2. The number of halogens is 6. The van der Waals surface area contributed by atoms with Gasteiger partial charge in [-0.1, -0.05) is 23.7 Å². The fourth-order valence-corrected chi connectivity index (χ4v) is 4.21. The quantitative estimate of drug-likeness (QED) is 0.266. The molecule has 0 radical (unpaired) electrons. The van der Waals surface area contributed by atoms with Gasteiger partial charge in [0.25, 0.3) is 0 Å². The third-order valence-electron chi connectivity index (χ3n) is 6.14. The number of nitrogens with two attached hydrogens (primary N) is 1. The molecule has 0 bridgehead atoms. The van der Waals surface area contributed by atoms with E-state index in [-0.39, 0.29) is 17.1 Å². The van der Waals surface area contributed by atoms with E-state index in [1.165, 1.54) is 59.6 Å². The summed E-state index contributed by atoms with van der Waals surface area (Å²) in [7, 11) is 0. The van der Waals surface area contributed by atoms with Gasteiger partial charge in [-0.05, 0) is 60.2 Å². The first-order valence-electron chi connectivity index (χ1n) is 11.5. The summed E-state index contributed by atoms with van der Waals surface area (Å²) >= 11 is 5.80. The van der Waals surface area contributed by atoms with Crippen LogP contribution in [-0.2, 0) is 17.5 Å². The lowest BCUT2D eigenvalue weighted by Crippen LogP contribution is -2.36.